The first-order valence-corrected chi connectivity index (χ1v) is 9.56. The van der Waals surface area contributed by atoms with E-state index in [1.807, 2.05) is 18.2 Å². The van der Waals surface area contributed by atoms with E-state index in [0.717, 1.165) is 29.6 Å². The highest BCUT2D eigenvalue weighted by molar-refractivity contribution is 5.79. The Labute approximate surface area is 161 Å². The second-order valence-electron chi connectivity index (χ2n) is 8.01. The molecule has 1 aromatic carbocycles. The molecule has 146 valence electrons. The minimum Gasteiger partial charge on any atom is -0.493 e. The SMILES string of the molecule is CN=C(NCc1ncc(C(C)(C)C)o1)NCc1ccccc1OCC1CC1. The summed E-state index contributed by atoms with van der Waals surface area (Å²) in [5.74, 6) is 3.90. The summed E-state index contributed by atoms with van der Waals surface area (Å²) < 4.78 is 11.8. The van der Waals surface area contributed by atoms with Gasteiger partial charge in [-0.05, 0) is 24.8 Å². The van der Waals surface area contributed by atoms with Crippen LogP contribution in [0, 0.1) is 5.92 Å². The number of oxazole rings is 1. The number of aromatic nitrogens is 1. The maximum atomic E-state index is 5.97. The molecule has 6 heteroatoms. The van der Waals surface area contributed by atoms with Gasteiger partial charge in [0, 0.05) is 24.6 Å². The minimum absolute atomic E-state index is 0.0463. The quantitative estimate of drug-likeness (QED) is 0.575. The van der Waals surface area contributed by atoms with E-state index in [9.17, 15) is 0 Å². The maximum Gasteiger partial charge on any atom is 0.213 e. The van der Waals surface area contributed by atoms with Crippen molar-refractivity contribution in [2.75, 3.05) is 13.7 Å². The average molecular weight is 370 g/mol. The zero-order valence-corrected chi connectivity index (χ0v) is 16.7. The van der Waals surface area contributed by atoms with Crippen molar-refractivity contribution in [3.8, 4) is 5.75 Å². The number of hydrogen-bond donors (Lipinski definition) is 2. The topological polar surface area (TPSA) is 71.7 Å². The number of ether oxygens (including phenoxy) is 1. The largest absolute Gasteiger partial charge is 0.493 e. The van der Waals surface area contributed by atoms with Crippen LogP contribution in [-0.2, 0) is 18.5 Å². The molecule has 0 aliphatic heterocycles. The van der Waals surface area contributed by atoms with E-state index < -0.39 is 0 Å². The molecule has 0 spiro atoms. The molecule has 0 amide bonds. The molecule has 6 nitrogen and oxygen atoms in total. The smallest absolute Gasteiger partial charge is 0.213 e. The van der Waals surface area contributed by atoms with E-state index in [1.165, 1.54) is 12.8 Å². The third-order valence-electron chi connectivity index (χ3n) is 4.51. The fourth-order valence-electron chi connectivity index (χ4n) is 2.58. The molecule has 1 heterocycles. The van der Waals surface area contributed by atoms with Gasteiger partial charge in [-0.2, -0.15) is 0 Å². The number of aliphatic imine (C=N–C) groups is 1. The van der Waals surface area contributed by atoms with Gasteiger partial charge in [-0.1, -0.05) is 39.0 Å². The van der Waals surface area contributed by atoms with Crippen molar-refractivity contribution in [3.63, 3.8) is 0 Å². The van der Waals surface area contributed by atoms with Crippen LogP contribution >= 0.6 is 0 Å². The molecule has 2 N–H and O–H groups in total. The lowest BCUT2D eigenvalue weighted by Crippen LogP contribution is -2.36. The standard InChI is InChI=1S/C21H30N4O2/c1-21(2,3)18-12-23-19(27-18)13-25-20(22-4)24-11-16-7-5-6-8-17(16)26-14-15-9-10-15/h5-8,12,15H,9-11,13-14H2,1-4H3,(H2,22,24,25). The van der Waals surface area contributed by atoms with Crippen LogP contribution in [0.2, 0.25) is 0 Å². The van der Waals surface area contributed by atoms with Crippen molar-refractivity contribution < 1.29 is 9.15 Å². The Balaban J connectivity index is 1.51. The van der Waals surface area contributed by atoms with Crippen LogP contribution < -0.4 is 15.4 Å². The lowest BCUT2D eigenvalue weighted by atomic mass is 9.94. The lowest BCUT2D eigenvalue weighted by Gasteiger charge is -2.15. The predicted molar refractivity (Wildman–Crippen MR) is 107 cm³/mol. The van der Waals surface area contributed by atoms with Crippen molar-refractivity contribution in [3.05, 3.63) is 47.7 Å². The zero-order valence-electron chi connectivity index (χ0n) is 16.7. The van der Waals surface area contributed by atoms with Crippen LogP contribution in [0.1, 0.15) is 50.8 Å². The minimum atomic E-state index is -0.0463. The van der Waals surface area contributed by atoms with Crippen LogP contribution in [-0.4, -0.2) is 24.6 Å². The molecular formula is C21H30N4O2. The van der Waals surface area contributed by atoms with Gasteiger partial charge < -0.3 is 19.8 Å². The Bertz CT molecular complexity index is 772. The van der Waals surface area contributed by atoms with Gasteiger partial charge in [0.2, 0.25) is 5.89 Å². The van der Waals surface area contributed by atoms with E-state index in [4.69, 9.17) is 9.15 Å². The summed E-state index contributed by atoms with van der Waals surface area (Å²) in [4.78, 5) is 8.61. The van der Waals surface area contributed by atoms with Gasteiger partial charge in [0.15, 0.2) is 5.96 Å². The molecule has 1 aliphatic carbocycles. The van der Waals surface area contributed by atoms with E-state index >= 15 is 0 Å². The van der Waals surface area contributed by atoms with Gasteiger partial charge in [0.25, 0.3) is 0 Å². The van der Waals surface area contributed by atoms with Crippen molar-refractivity contribution in [2.45, 2.75) is 52.1 Å². The molecule has 3 rings (SSSR count). The lowest BCUT2D eigenvalue weighted by molar-refractivity contribution is 0.296. The highest BCUT2D eigenvalue weighted by Crippen LogP contribution is 2.30. The van der Waals surface area contributed by atoms with Gasteiger partial charge in [0.05, 0.1) is 19.3 Å². The Hall–Kier alpha value is -2.50. The van der Waals surface area contributed by atoms with Crippen LogP contribution in [0.25, 0.3) is 0 Å². The van der Waals surface area contributed by atoms with E-state index in [-0.39, 0.29) is 5.41 Å². The fraction of sp³-hybridized carbons (Fsp3) is 0.524. The number of nitrogens with zero attached hydrogens (tertiary/aromatic N) is 2. The molecule has 0 bridgehead atoms. The van der Waals surface area contributed by atoms with Gasteiger partial charge >= 0.3 is 0 Å². The molecule has 0 radical (unpaired) electrons. The van der Waals surface area contributed by atoms with Crippen LogP contribution in [0.15, 0.2) is 39.9 Å². The summed E-state index contributed by atoms with van der Waals surface area (Å²) in [6.07, 6.45) is 4.37. The fourth-order valence-corrected chi connectivity index (χ4v) is 2.58. The molecule has 2 aromatic rings. The van der Waals surface area contributed by atoms with Crippen molar-refractivity contribution in [1.82, 2.24) is 15.6 Å². The maximum absolute atomic E-state index is 5.97. The van der Waals surface area contributed by atoms with E-state index in [1.54, 1.807) is 13.2 Å². The summed E-state index contributed by atoms with van der Waals surface area (Å²) in [5, 5.41) is 6.57. The van der Waals surface area contributed by atoms with Crippen LogP contribution in [0.5, 0.6) is 5.75 Å². The summed E-state index contributed by atoms with van der Waals surface area (Å²) in [6, 6.07) is 8.13. The van der Waals surface area contributed by atoms with Crippen molar-refractivity contribution in [2.24, 2.45) is 10.9 Å². The number of guanidine groups is 1. The van der Waals surface area contributed by atoms with Gasteiger partial charge in [-0.25, -0.2) is 4.98 Å². The third kappa shape index (κ3) is 5.74. The van der Waals surface area contributed by atoms with E-state index in [2.05, 4.69) is 47.4 Å². The highest BCUT2D eigenvalue weighted by Gasteiger charge is 2.22. The molecular weight excluding hydrogens is 340 g/mol. The van der Waals surface area contributed by atoms with Gasteiger partial charge in [-0.15, -0.1) is 0 Å². The number of para-hydroxylation sites is 1. The van der Waals surface area contributed by atoms with Crippen LogP contribution in [0.4, 0.5) is 0 Å². The van der Waals surface area contributed by atoms with Gasteiger partial charge in [0.1, 0.15) is 11.5 Å². The molecule has 1 saturated carbocycles. The van der Waals surface area contributed by atoms with Crippen LogP contribution in [0.3, 0.4) is 0 Å². The third-order valence-corrected chi connectivity index (χ3v) is 4.51. The first-order chi connectivity index (χ1) is 13.0. The normalized spacial score (nSPS) is 14.9. The number of nitrogens with one attached hydrogen (secondary N) is 2. The Kier molecular flexibility index (Phi) is 6.04. The average Bonchev–Trinajstić information content (AvgIpc) is 3.34. The predicted octanol–water partition coefficient (Wildman–Crippen LogP) is 3.63. The first-order valence-electron chi connectivity index (χ1n) is 9.56. The highest BCUT2D eigenvalue weighted by atomic mass is 16.5. The molecule has 1 aromatic heterocycles. The molecule has 1 fully saturated rings. The number of hydrogen-bond acceptors (Lipinski definition) is 4. The van der Waals surface area contributed by atoms with Crippen molar-refractivity contribution >= 4 is 5.96 Å². The zero-order chi connectivity index (χ0) is 19.3. The second-order valence-corrected chi connectivity index (χ2v) is 8.01. The Morgan fingerprint density at radius 1 is 1.22 bits per heavy atom. The summed E-state index contributed by atoms with van der Waals surface area (Å²) >= 11 is 0. The van der Waals surface area contributed by atoms with Gasteiger partial charge in [-0.3, -0.25) is 4.99 Å². The molecule has 1 aliphatic rings. The Morgan fingerprint density at radius 3 is 2.63 bits per heavy atom. The van der Waals surface area contributed by atoms with E-state index in [0.29, 0.717) is 24.9 Å². The second kappa shape index (κ2) is 8.46. The number of rotatable bonds is 7. The number of benzene rings is 1. The summed E-state index contributed by atoms with van der Waals surface area (Å²) in [6.45, 7) is 8.25. The Morgan fingerprint density at radius 2 is 1.96 bits per heavy atom. The molecule has 0 saturated heterocycles. The molecule has 0 atom stereocenters. The first kappa shape index (κ1) is 19.3. The molecule has 0 unspecified atom stereocenters. The van der Waals surface area contributed by atoms with Crippen molar-refractivity contribution in [1.29, 1.82) is 0 Å². The summed E-state index contributed by atoms with van der Waals surface area (Å²) in [7, 11) is 1.75. The molecule has 27 heavy (non-hydrogen) atoms. The monoisotopic (exact) mass is 370 g/mol. The summed E-state index contributed by atoms with van der Waals surface area (Å²) in [5.41, 5.74) is 1.07.